The maximum absolute atomic E-state index is 11.7. The van der Waals surface area contributed by atoms with Crippen LogP contribution in [0.3, 0.4) is 0 Å². The number of hydrogen-bond donors (Lipinski definition) is 0. The normalized spacial score (nSPS) is 10.7. The van der Waals surface area contributed by atoms with Gasteiger partial charge in [0.15, 0.2) is 0 Å². The summed E-state index contributed by atoms with van der Waals surface area (Å²) in [6.07, 6.45) is -2.53. The van der Waals surface area contributed by atoms with E-state index >= 15 is 0 Å². The van der Waals surface area contributed by atoms with Gasteiger partial charge in [-0.15, -0.1) is 0 Å². The van der Waals surface area contributed by atoms with Crippen LogP contribution in [-0.4, -0.2) is 5.16 Å². The van der Waals surface area contributed by atoms with Gasteiger partial charge >= 0.3 is 0 Å². The Labute approximate surface area is 50.5 Å². The molecule has 0 aromatic carbocycles. The second kappa shape index (κ2) is 2.13. The molecule has 0 N–H and O–H groups in total. The lowest BCUT2D eigenvalue weighted by molar-refractivity contribution is 0.140. The van der Waals surface area contributed by atoms with E-state index in [4.69, 9.17) is 0 Å². The summed E-state index contributed by atoms with van der Waals surface area (Å²) < 4.78 is 27.7. The summed E-state index contributed by atoms with van der Waals surface area (Å²) in [4.78, 5) is 0. The Kier molecular flexibility index (Phi) is 1.46. The predicted octanol–water partition coefficient (Wildman–Crippen LogP) is 1.92. The van der Waals surface area contributed by atoms with E-state index in [1.807, 2.05) is 0 Å². The summed E-state index contributed by atoms with van der Waals surface area (Å²) in [6, 6.07) is 1.21. The first kappa shape index (κ1) is 6.19. The summed E-state index contributed by atoms with van der Waals surface area (Å²) in [5, 5.41) is 3.09. The van der Waals surface area contributed by atoms with Gasteiger partial charge in [0.1, 0.15) is 11.5 Å². The summed E-state index contributed by atoms with van der Waals surface area (Å²) in [5.74, 6) is 0.408. The molecule has 4 heteroatoms. The first-order valence-electron chi connectivity index (χ1n) is 2.41. The summed E-state index contributed by atoms with van der Waals surface area (Å²) in [5.41, 5.74) is -0.299. The minimum Gasteiger partial charge on any atom is -0.361 e. The van der Waals surface area contributed by atoms with Crippen molar-refractivity contribution >= 4 is 0 Å². The molecule has 9 heavy (non-hydrogen) atoms. The third-order valence-corrected chi connectivity index (χ3v) is 0.870. The van der Waals surface area contributed by atoms with Gasteiger partial charge in [-0.05, 0) is 6.92 Å². The topological polar surface area (TPSA) is 26.0 Å². The summed E-state index contributed by atoms with van der Waals surface area (Å²) in [6.45, 7) is 1.57. The van der Waals surface area contributed by atoms with Crippen molar-refractivity contribution in [2.45, 2.75) is 13.3 Å². The van der Waals surface area contributed by atoms with E-state index in [2.05, 4.69) is 9.68 Å². The highest BCUT2D eigenvalue weighted by atomic mass is 19.3. The zero-order valence-electron chi connectivity index (χ0n) is 4.77. The van der Waals surface area contributed by atoms with Crippen LogP contribution >= 0.6 is 0 Å². The Hall–Kier alpha value is -0.930. The molecule has 1 aromatic heterocycles. The number of alkyl halides is 2. The molecule has 0 aliphatic heterocycles. The Morgan fingerprint density at radius 1 is 1.67 bits per heavy atom. The van der Waals surface area contributed by atoms with Gasteiger partial charge in [0.25, 0.3) is 6.43 Å². The van der Waals surface area contributed by atoms with Crippen LogP contribution < -0.4 is 0 Å². The minimum absolute atomic E-state index is 0.299. The Bertz CT molecular complexity index is 197. The average Bonchev–Trinajstić information content (AvgIpc) is 2.14. The van der Waals surface area contributed by atoms with Gasteiger partial charge < -0.3 is 4.52 Å². The van der Waals surface area contributed by atoms with Crippen LogP contribution in [0.25, 0.3) is 0 Å². The van der Waals surface area contributed by atoms with E-state index in [-0.39, 0.29) is 5.69 Å². The van der Waals surface area contributed by atoms with E-state index in [0.717, 1.165) is 0 Å². The molecule has 0 saturated carbocycles. The van der Waals surface area contributed by atoms with Gasteiger partial charge in [-0.1, -0.05) is 5.16 Å². The zero-order chi connectivity index (χ0) is 6.85. The second-order valence-corrected chi connectivity index (χ2v) is 1.66. The smallest absolute Gasteiger partial charge is 0.283 e. The molecule has 0 radical (unpaired) electrons. The maximum Gasteiger partial charge on any atom is 0.283 e. The van der Waals surface area contributed by atoms with E-state index in [1.165, 1.54) is 6.07 Å². The van der Waals surface area contributed by atoms with Crippen LogP contribution in [0.2, 0.25) is 0 Å². The molecule has 0 fully saturated rings. The molecule has 0 saturated heterocycles. The number of rotatable bonds is 1. The molecule has 1 aromatic rings. The fourth-order valence-corrected chi connectivity index (χ4v) is 0.488. The molecule has 0 spiro atoms. The third kappa shape index (κ3) is 1.25. The molecule has 0 amide bonds. The largest absolute Gasteiger partial charge is 0.361 e. The van der Waals surface area contributed by atoms with E-state index in [1.54, 1.807) is 6.92 Å². The maximum atomic E-state index is 11.7. The van der Waals surface area contributed by atoms with Gasteiger partial charge in [-0.3, -0.25) is 0 Å². The van der Waals surface area contributed by atoms with Crippen LogP contribution in [0.15, 0.2) is 10.6 Å². The minimum atomic E-state index is -2.53. The lowest BCUT2D eigenvalue weighted by Crippen LogP contribution is -1.80. The highest BCUT2D eigenvalue weighted by molar-refractivity contribution is 5.04. The van der Waals surface area contributed by atoms with Crippen molar-refractivity contribution in [3.05, 3.63) is 17.5 Å². The van der Waals surface area contributed by atoms with Crippen molar-refractivity contribution in [1.29, 1.82) is 0 Å². The molecule has 0 aliphatic carbocycles. The molecule has 0 aliphatic rings. The summed E-state index contributed by atoms with van der Waals surface area (Å²) >= 11 is 0. The summed E-state index contributed by atoms with van der Waals surface area (Å²) in [7, 11) is 0. The SMILES string of the molecule is Cc1cc(C(F)F)no1. The van der Waals surface area contributed by atoms with Crippen LogP contribution in [-0.2, 0) is 0 Å². The fourth-order valence-electron chi connectivity index (χ4n) is 0.488. The molecular formula is C5H5F2NO. The van der Waals surface area contributed by atoms with E-state index < -0.39 is 6.43 Å². The number of nitrogens with zero attached hydrogens (tertiary/aromatic N) is 1. The highest BCUT2D eigenvalue weighted by Crippen LogP contribution is 2.16. The number of aryl methyl sites for hydroxylation is 1. The van der Waals surface area contributed by atoms with Crippen LogP contribution in [0.5, 0.6) is 0 Å². The molecule has 2 nitrogen and oxygen atoms in total. The van der Waals surface area contributed by atoms with Gasteiger partial charge in [-0.25, -0.2) is 8.78 Å². The van der Waals surface area contributed by atoms with Gasteiger partial charge in [-0.2, -0.15) is 0 Å². The number of halogens is 2. The molecule has 0 bridgehead atoms. The van der Waals surface area contributed by atoms with Gasteiger partial charge in [0.2, 0.25) is 0 Å². The molecular weight excluding hydrogens is 128 g/mol. The second-order valence-electron chi connectivity index (χ2n) is 1.66. The van der Waals surface area contributed by atoms with Crippen molar-refractivity contribution in [1.82, 2.24) is 5.16 Å². The van der Waals surface area contributed by atoms with Crippen LogP contribution in [0.1, 0.15) is 17.9 Å². The first-order valence-corrected chi connectivity index (χ1v) is 2.41. The molecule has 50 valence electrons. The monoisotopic (exact) mass is 133 g/mol. The van der Waals surface area contributed by atoms with Crippen molar-refractivity contribution in [2.24, 2.45) is 0 Å². The molecule has 0 unspecified atom stereocenters. The Morgan fingerprint density at radius 3 is 2.56 bits per heavy atom. The van der Waals surface area contributed by atoms with Crippen LogP contribution in [0.4, 0.5) is 8.78 Å². The molecule has 0 atom stereocenters. The van der Waals surface area contributed by atoms with Crippen molar-refractivity contribution < 1.29 is 13.3 Å². The quantitative estimate of drug-likeness (QED) is 0.584. The number of aromatic nitrogens is 1. The Balaban J connectivity index is 2.85. The average molecular weight is 133 g/mol. The Morgan fingerprint density at radius 2 is 2.33 bits per heavy atom. The standard InChI is InChI=1S/C5H5F2NO/c1-3-2-4(5(6)7)8-9-3/h2,5H,1H3. The van der Waals surface area contributed by atoms with Gasteiger partial charge in [0, 0.05) is 6.07 Å². The van der Waals surface area contributed by atoms with Crippen molar-refractivity contribution in [2.75, 3.05) is 0 Å². The third-order valence-electron chi connectivity index (χ3n) is 0.870. The van der Waals surface area contributed by atoms with Gasteiger partial charge in [0.05, 0.1) is 0 Å². The van der Waals surface area contributed by atoms with Crippen LogP contribution in [0, 0.1) is 6.92 Å². The molecule has 1 rings (SSSR count). The number of hydrogen-bond acceptors (Lipinski definition) is 2. The first-order chi connectivity index (χ1) is 4.20. The highest BCUT2D eigenvalue weighted by Gasteiger charge is 2.10. The predicted molar refractivity (Wildman–Crippen MR) is 26.2 cm³/mol. The van der Waals surface area contributed by atoms with Crippen molar-refractivity contribution in [3.63, 3.8) is 0 Å². The zero-order valence-corrected chi connectivity index (χ0v) is 4.77. The van der Waals surface area contributed by atoms with Crippen molar-refractivity contribution in [3.8, 4) is 0 Å². The fraction of sp³-hybridized carbons (Fsp3) is 0.400. The molecule has 1 heterocycles. The lowest BCUT2D eigenvalue weighted by atomic mass is 10.4. The van der Waals surface area contributed by atoms with E-state index in [0.29, 0.717) is 5.76 Å². The lowest BCUT2D eigenvalue weighted by Gasteiger charge is -1.84. The van der Waals surface area contributed by atoms with E-state index in [9.17, 15) is 8.78 Å².